The fourth-order valence-electron chi connectivity index (χ4n) is 9.97. The monoisotopic (exact) mass is 818 g/mol. The normalized spacial score (nSPS) is 22.3. The molecular formula is C48H54Cl2SiZr. The number of hydrogen-bond acceptors (Lipinski definition) is 0. The van der Waals surface area contributed by atoms with Crippen molar-refractivity contribution in [2.45, 2.75) is 128 Å². The summed E-state index contributed by atoms with van der Waals surface area (Å²) in [7, 11) is -1.26. The molecule has 4 aromatic rings. The Balaban J connectivity index is 0.00000420. The Morgan fingerprint density at radius 3 is 1.19 bits per heavy atom. The molecule has 0 bridgehead atoms. The molecule has 8 rings (SSSR count). The first-order valence-corrected chi connectivity index (χ1v) is 21.5. The van der Waals surface area contributed by atoms with Gasteiger partial charge in [0.15, 0.2) is 0 Å². The molecular weight excluding hydrogens is 767 g/mol. The van der Waals surface area contributed by atoms with Crippen LogP contribution >= 0.6 is 23.2 Å². The van der Waals surface area contributed by atoms with E-state index in [2.05, 4.69) is 130 Å². The van der Waals surface area contributed by atoms with Crippen LogP contribution < -0.4 is 0 Å². The van der Waals surface area contributed by atoms with Gasteiger partial charge in [-0.2, -0.15) is 0 Å². The van der Waals surface area contributed by atoms with Gasteiger partial charge in [0.25, 0.3) is 0 Å². The Labute approximate surface area is 344 Å². The Bertz CT molecular complexity index is 2030. The van der Waals surface area contributed by atoms with E-state index in [4.69, 9.17) is 23.2 Å². The second-order valence-corrected chi connectivity index (χ2v) is 22.9. The van der Waals surface area contributed by atoms with E-state index in [1.807, 2.05) is 0 Å². The first kappa shape index (κ1) is 38.3. The number of aryl methyl sites for hydroxylation is 2. The van der Waals surface area contributed by atoms with Crippen molar-refractivity contribution in [2.24, 2.45) is 0 Å². The summed E-state index contributed by atoms with van der Waals surface area (Å²) in [5.74, 6) is 0. The van der Waals surface area contributed by atoms with Crippen molar-refractivity contribution in [1.82, 2.24) is 0 Å². The predicted octanol–water partition coefficient (Wildman–Crippen LogP) is 12.9. The molecule has 4 aliphatic rings. The molecule has 0 nitrogen and oxygen atoms in total. The van der Waals surface area contributed by atoms with Crippen molar-refractivity contribution in [1.29, 1.82) is 0 Å². The molecule has 268 valence electrons. The molecule has 4 aromatic carbocycles. The van der Waals surface area contributed by atoms with E-state index in [-0.39, 0.29) is 37.0 Å². The average molecular weight is 821 g/mol. The number of fused-ring (bicyclic) bond motifs is 4. The topological polar surface area (TPSA) is 0 Å². The Morgan fingerprint density at radius 1 is 0.519 bits per heavy atom. The van der Waals surface area contributed by atoms with Crippen LogP contribution in [0, 0.1) is 0 Å². The van der Waals surface area contributed by atoms with E-state index in [1.54, 1.807) is 0 Å². The van der Waals surface area contributed by atoms with E-state index < -0.39 is 18.5 Å². The van der Waals surface area contributed by atoms with Crippen LogP contribution in [0.15, 0.2) is 71.8 Å². The molecule has 0 spiro atoms. The van der Waals surface area contributed by atoms with Gasteiger partial charge in [-0.05, 0) is 177 Å². The molecule has 52 heavy (non-hydrogen) atoms. The second-order valence-electron chi connectivity index (χ2n) is 18.3. The number of allylic oxidation sites excluding steroid dienone is 4. The molecule has 0 saturated heterocycles. The third-order valence-corrected chi connectivity index (χ3v) is 17.9. The molecule has 4 heteroatoms. The van der Waals surface area contributed by atoms with Crippen molar-refractivity contribution in [3.63, 3.8) is 0 Å². The Morgan fingerprint density at radius 2 is 0.865 bits per heavy atom. The zero-order valence-electron chi connectivity index (χ0n) is 33.0. The van der Waals surface area contributed by atoms with Crippen molar-refractivity contribution in [3.05, 3.63) is 127 Å². The number of halogens is 2. The molecule has 4 aliphatic carbocycles. The van der Waals surface area contributed by atoms with Gasteiger partial charge in [-0.3, -0.25) is 0 Å². The van der Waals surface area contributed by atoms with E-state index in [0.717, 1.165) is 25.7 Å². The maximum absolute atomic E-state index is 8.27. The third kappa shape index (κ3) is 5.74. The number of rotatable bonds is 4. The minimum Gasteiger partial charge on any atom is -0.114 e. The van der Waals surface area contributed by atoms with E-state index >= 15 is 0 Å². The minimum absolute atomic E-state index is 0. The SMILES string of the molecule is CC1=C(C)C(Cl)([SiH2]C2(Cl)C(C)=C(C)c3c2cc2c(c3-c3ccc(C(C)(C)C)cc3)CCC2)c2cc3c(c(-c4ccc(C(C)(C)C)cc4)c21)CCC3.[Zr]. The van der Waals surface area contributed by atoms with Gasteiger partial charge in [-0.25, -0.2) is 0 Å². The summed E-state index contributed by atoms with van der Waals surface area (Å²) >= 11 is 16.5. The Kier molecular flexibility index (Phi) is 9.63. The van der Waals surface area contributed by atoms with Gasteiger partial charge in [-0.15, -0.1) is 23.2 Å². The van der Waals surface area contributed by atoms with Crippen molar-refractivity contribution in [2.75, 3.05) is 0 Å². The van der Waals surface area contributed by atoms with Crippen LogP contribution in [-0.2, 0) is 71.7 Å². The van der Waals surface area contributed by atoms with Crippen LogP contribution in [0.5, 0.6) is 0 Å². The van der Waals surface area contributed by atoms with E-state index in [0.29, 0.717) is 0 Å². The second kappa shape index (κ2) is 13.1. The predicted molar refractivity (Wildman–Crippen MR) is 225 cm³/mol. The fourth-order valence-corrected chi connectivity index (χ4v) is 14.6. The molecule has 0 fully saturated rings. The van der Waals surface area contributed by atoms with Crippen molar-refractivity contribution >= 4 is 43.9 Å². The van der Waals surface area contributed by atoms with Gasteiger partial charge < -0.3 is 0 Å². The van der Waals surface area contributed by atoms with Crippen LogP contribution in [0.25, 0.3) is 33.4 Å². The third-order valence-electron chi connectivity index (χ3n) is 13.3. The minimum atomic E-state index is -1.26. The summed E-state index contributed by atoms with van der Waals surface area (Å²) in [5.41, 5.74) is 25.2. The maximum atomic E-state index is 8.27. The van der Waals surface area contributed by atoms with Gasteiger partial charge >= 0.3 is 0 Å². The molecule has 0 aromatic heterocycles. The molecule has 0 amide bonds. The van der Waals surface area contributed by atoms with E-state index in [1.165, 1.54) is 113 Å². The summed E-state index contributed by atoms with van der Waals surface area (Å²) in [6.45, 7) is 23.0. The van der Waals surface area contributed by atoms with Crippen LogP contribution in [0.1, 0.15) is 138 Å². The van der Waals surface area contributed by atoms with Gasteiger partial charge in [-0.1, -0.05) is 102 Å². The van der Waals surface area contributed by atoms with Crippen molar-refractivity contribution in [3.8, 4) is 22.3 Å². The first-order valence-electron chi connectivity index (χ1n) is 19.3. The van der Waals surface area contributed by atoms with Crippen LogP contribution in [0.3, 0.4) is 0 Å². The van der Waals surface area contributed by atoms with Crippen LogP contribution in [-0.4, -0.2) is 9.52 Å². The average Bonchev–Trinajstić information content (AvgIpc) is 3.83. The van der Waals surface area contributed by atoms with Crippen LogP contribution in [0.4, 0.5) is 0 Å². The Hall–Kier alpha value is -1.96. The summed E-state index contributed by atoms with van der Waals surface area (Å²) in [6, 6.07) is 23.8. The molecule has 0 aliphatic heterocycles. The summed E-state index contributed by atoms with van der Waals surface area (Å²) in [5, 5.41) is 0. The maximum Gasteiger partial charge on any atom is 0.0923 e. The molecule has 0 N–H and O–H groups in total. The quantitative estimate of drug-likeness (QED) is 0.142. The number of benzene rings is 4. The molecule has 2 unspecified atom stereocenters. The first-order chi connectivity index (χ1) is 23.9. The van der Waals surface area contributed by atoms with Crippen LogP contribution in [0.2, 0.25) is 0 Å². The standard InChI is InChI=1S/C48H54Cl2Si.Zr/c1-27-29(3)47(49,39-25-33-13-11-15-37(33)43(41(27)39)31-17-21-35(22-18-31)45(5,6)7)51-48(50)30(4)28(2)42-40(48)26-34-14-12-16-38(34)44(42)32-19-23-36(24-20-32)46(8,9)10;/h17-26H,11-16,51H2,1-10H3;. The summed E-state index contributed by atoms with van der Waals surface area (Å²) in [4.78, 5) is 0. The van der Waals surface area contributed by atoms with Gasteiger partial charge in [0.05, 0.1) is 18.5 Å². The largest absolute Gasteiger partial charge is 0.114 e. The number of alkyl halides is 2. The van der Waals surface area contributed by atoms with Gasteiger partial charge in [0.1, 0.15) is 0 Å². The fraction of sp³-hybridized carbons (Fsp3) is 0.417. The molecule has 0 heterocycles. The van der Waals surface area contributed by atoms with E-state index in [9.17, 15) is 0 Å². The molecule has 2 atom stereocenters. The zero-order chi connectivity index (χ0) is 36.4. The summed E-state index contributed by atoms with van der Waals surface area (Å²) in [6.07, 6.45) is 6.93. The molecule has 0 radical (unpaired) electrons. The number of hydrogen-bond donors (Lipinski definition) is 0. The van der Waals surface area contributed by atoms with Gasteiger partial charge in [0.2, 0.25) is 0 Å². The smallest absolute Gasteiger partial charge is 0.0923 e. The van der Waals surface area contributed by atoms with Gasteiger partial charge in [0, 0.05) is 26.2 Å². The molecule has 0 saturated carbocycles. The summed E-state index contributed by atoms with van der Waals surface area (Å²) < 4.78 is -1.15. The zero-order valence-corrected chi connectivity index (χ0v) is 38.4. The van der Waals surface area contributed by atoms with Crippen molar-refractivity contribution < 1.29 is 26.2 Å².